The van der Waals surface area contributed by atoms with Gasteiger partial charge in [-0.3, -0.25) is 16.0 Å². The van der Waals surface area contributed by atoms with Crippen LogP contribution in [-0.2, 0) is 11.8 Å². The summed E-state index contributed by atoms with van der Waals surface area (Å²) >= 11 is 3.30. The van der Waals surface area contributed by atoms with Crippen molar-refractivity contribution in [2.75, 3.05) is 13.2 Å². The zero-order valence-electron chi connectivity index (χ0n) is 9.67. The summed E-state index contributed by atoms with van der Waals surface area (Å²) in [5.74, 6) is 5.38. The largest absolute Gasteiger partial charge is 0.411 e. The van der Waals surface area contributed by atoms with Crippen LogP contribution in [0.15, 0.2) is 10.7 Å². The van der Waals surface area contributed by atoms with E-state index in [4.69, 9.17) is 5.84 Å². The Hall–Kier alpha value is -0.640. The number of nitrogens with zero attached hydrogens (tertiary/aromatic N) is 2. The van der Waals surface area contributed by atoms with Gasteiger partial charge in [-0.15, -0.1) is 0 Å². The van der Waals surface area contributed by atoms with Crippen molar-refractivity contribution in [1.29, 1.82) is 0 Å². The van der Waals surface area contributed by atoms with Crippen molar-refractivity contribution in [2.24, 2.45) is 12.9 Å². The van der Waals surface area contributed by atoms with E-state index < -0.39 is 12.8 Å². The number of alkyl halides is 3. The lowest BCUT2D eigenvalue weighted by Gasteiger charge is -2.17. The molecular formula is C9H14BrF3N4O. The Morgan fingerprint density at radius 1 is 1.61 bits per heavy atom. The molecule has 0 fully saturated rings. The molecule has 9 heteroatoms. The molecule has 1 heterocycles. The Morgan fingerprint density at radius 3 is 2.72 bits per heavy atom. The average molecular weight is 331 g/mol. The van der Waals surface area contributed by atoms with E-state index in [1.807, 2.05) is 0 Å². The molecule has 0 saturated carbocycles. The van der Waals surface area contributed by atoms with Crippen molar-refractivity contribution in [3.63, 3.8) is 0 Å². The van der Waals surface area contributed by atoms with Crippen LogP contribution in [0.3, 0.4) is 0 Å². The van der Waals surface area contributed by atoms with E-state index in [1.165, 1.54) is 0 Å². The molecule has 0 radical (unpaired) electrons. The van der Waals surface area contributed by atoms with E-state index >= 15 is 0 Å². The molecule has 0 spiro atoms. The van der Waals surface area contributed by atoms with Gasteiger partial charge in [0.15, 0.2) is 0 Å². The average Bonchev–Trinajstić information content (AvgIpc) is 2.59. The smallest absolute Gasteiger partial charge is 0.372 e. The maximum Gasteiger partial charge on any atom is 0.411 e. The molecule has 0 aliphatic heterocycles. The summed E-state index contributed by atoms with van der Waals surface area (Å²) in [6, 6.07) is -0.333. The molecule has 1 unspecified atom stereocenters. The van der Waals surface area contributed by atoms with E-state index in [0.29, 0.717) is 6.42 Å². The van der Waals surface area contributed by atoms with E-state index in [9.17, 15) is 13.2 Å². The Morgan fingerprint density at radius 2 is 2.28 bits per heavy atom. The maximum absolute atomic E-state index is 11.9. The summed E-state index contributed by atoms with van der Waals surface area (Å²) in [4.78, 5) is 0. The minimum Gasteiger partial charge on any atom is -0.372 e. The molecule has 1 atom stereocenters. The number of aromatic nitrogens is 2. The highest BCUT2D eigenvalue weighted by atomic mass is 79.9. The molecule has 3 N–H and O–H groups in total. The fraction of sp³-hybridized carbons (Fsp3) is 0.667. The van der Waals surface area contributed by atoms with Crippen LogP contribution in [0.4, 0.5) is 13.2 Å². The first-order valence-corrected chi connectivity index (χ1v) is 5.92. The topological polar surface area (TPSA) is 65.1 Å². The van der Waals surface area contributed by atoms with Gasteiger partial charge in [0.1, 0.15) is 6.61 Å². The minimum atomic E-state index is -4.31. The predicted molar refractivity (Wildman–Crippen MR) is 62.5 cm³/mol. The highest BCUT2D eigenvalue weighted by Gasteiger charge is 2.27. The Balaban J connectivity index is 2.49. The van der Waals surface area contributed by atoms with Crippen molar-refractivity contribution in [1.82, 2.24) is 15.2 Å². The summed E-state index contributed by atoms with van der Waals surface area (Å²) in [6.45, 7) is -1.30. The van der Waals surface area contributed by atoms with Crippen molar-refractivity contribution < 1.29 is 17.9 Å². The first kappa shape index (κ1) is 15.4. The van der Waals surface area contributed by atoms with Crippen LogP contribution in [0, 0.1) is 0 Å². The summed E-state index contributed by atoms with van der Waals surface area (Å²) < 4.78 is 42.5. The third-order valence-corrected chi connectivity index (χ3v) is 2.90. The Kier molecular flexibility index (Phi) is 5.57. The molecule has 0 saturated heterocycles. The maximum atomic E-state index is 11.9. The predicted octanol–water partition coefficient (Wildman–Crippen LogP) is 1.66. The van der Waals surface area contributed by atoms with Gasteiger partial charge in [-0.05, 0) is 22.4 Å². The number of halogens is 4. The number of hydrazine groups is 1. The van der Waals surface area contributed by atoms with Crippen LogP contribution < -0.4 is 11.3 Å². The van der Waals surface area contributed by atoms with Crippen LogP contribution in [0.5, 0.6) is 0 Å². The molecule has 0 aromatic carbocycles. The van der Waals surface area contributed by atoms with E-state index in [1.54, 1.807) is 17.9 Å². The summed E-state index contributed by atoms with van der Waals surface area (Å²) in [5, 5.41) is 4.01. The second kappa shape index (κ2) is 6.50. The molecule has 1 rings (SSSR count). The lowest BCUT2D eigenvalue weighted by molar-refractivity contribution is -0.174. The molecule has 18 heavy (non-hydrogen) atoms. The summed E-state index contributed by atoms with van der Waals surface area (Å²) in [5.41, 5.74) is 3.29. The van der Waals surface area contributed by atoms with Gasteiger partial charge in [-0.25, -0.2) is 0 Å². The summed E-state index contributed by atoms with van der Waals surface area (Å²) in [6.07, 6.45) is -2.40. The Labute approximate surface area is 111 Å². The van der Waals surface area contributed by atoms with Crippen molar-refractivity contribution >= 4 is 15.9 Å². The van der Waals surface area contributed by atoms with Crippen LogP contribution in [-0.4, -0.2) is 29.2 Å². The molecule has 5 nitrogen and oxygen atoms in total. The third kappa shape index (κ3) is 4.56. The normalized spacial score (nSPS) is 13.9. The highest BCUT2D eigenvalue weighted by Crippen LogP contribution is 2.24. The zero-order chi connectivity index (χ0) is 13.8. The molecule has 1 aromatic heterocycles. The number of hydrogen-bond acceptors (Lipinski definition) is 4. The fourth-order valence-corrected chi connectivity index (χ4v) is 2.12. The monoisotopic (exact) mass is 330 g/mol. The second-order valence-corrected chi connectivity index (χ2v) is 4.53. The number of nitrogens with one attached hydrogen (secondary N) is 1. The molecule has 0 amide bonds. The Bertz CT molecular complexity index is 363. The van der Waals surface area contributed by atoms with E-state index in [2.05, 4.69) is 31.2 Å². The van der Waals surface area contributed by atoms with Gasteiger partial charge in [0.05, 0.1) is 22.4 Å². The third-order valence-electron chi connectivity index (χ3n) is 2.29. The van der Waals surface area contributed by atoms with Gasteiger partial charge in [-0.2, -0.15) is 18.3 Å². The highest BCUT2D eigenvalue weighted by molar-refractivity contribution is 9.10. The van der Waals surface area contributed by atoms with Gasteiger partial charge in [0.2, 0.25) is 0 Å². The van der Waals surface area contributed by atoms with Crippen molar-refractivity contribution in [3.05, 3.63) is 16.4 Å². The van der Waals surface area contributed by atoms with Gasteiger partial charge >= 0.3 is 6.18 Å². The van der Waals surface area contributed by atoms with Gasteiger partial charge < -0.3 is 4.74 Å². The quantitative estimate of drug-likeness (QED) is 0.473. The lowest BCUT2D eigenvalue weighted by Crippen LogP contribution is -2.31. The first-order chi connectivity index (χ1) is 8.35. The van der Waals surface area contributed by atoms with Crippen LogP contribution in [0.25, 0.3) is 0 Å². The number of nitrogens with two attached hydrogens (primary N) is 1. The fourth-order valence-electron chi connectivity index (χ4n) is 1.50. The molecule has 0 aliphatic rings. The minimum absolute atomic E-state index is 0.0496. The number of rotatable bonds is 6. The molecular weight excluding hydrogens is 317 g/mol. The zero-order valence-corrected chi connectivity index (χ0v) is 11.3. The molecule has 1 aromatic rings. The van der Waals surface area contributed by atoms with Crippen LogP contribution in [0.2, 0.25) is 0 Å². The standard InChI is InChI=1S/C9H14BrF3N4O/c1-17-8(6(10)4-15-17)7(16-14)2-3-18-5-9(11,12)13/h4,7,16H,2-3,5,14H2,1H3. The number of aryl methyl sites for hydroxylation is 1. The molecule has 0 bridgehead atoms. The van der Waals surface area contributed by atoms with Gasteiger partial charge in [0.25, 0.3) is 0 Å². The van der Waals surface area contributed by atoms with Crippen LogP contribution in [0.1, 0.15) is 18.2 Å². The van der Waals surface area contributed by atoms with Gasteiger partial charge in [0, 0.05) is 13.7 Å². The SMILES string of the molecule is Cn1ncc(Br)c1C(CCOCC(F)(F)F)NN. The van der Waals surface area contributed by atoms with Gasteiger partial charge in [-0.1, -0.05) is 0 Å². The van der Waals surface area contributed by atoms with Crippen LogP contribution >= 0.6 is 15.9 Å². The van der Waals surface area contributed by atoms with Crippen molar-refractivity contribution in [3.8, 4) is 0 Å². The van der Waals surface area contributed by atoms with Crippen molar-refractivity contribution in [2.45, 2.75) is 18.6 Å². The molecule has 0 aliphatic carbocycles. The lowest BCUT2D eigenvalue weighted by atomic mass is 10.1. The first-order valence-electron chi connectivity index (χ1n) is 5.13. The summed E-state index contributed by atoms with van der Waals surface area (Å²) in [7, 11) is 1.72. The number of hydrogen-bond donors (Lipinski definition) is 2. The number of ether oxygens (including phenoxy) is 1. The van der Waals surface area contributed by atoms with E-state index in [-0.39, 0.29) is 12.6 Å². The second-order valence-electron chi connectivity index (χ2n) is 3.68. The molecule has 104 valence electrons. The van der Waals surface area contributed by atoms with E-state index in [0.717, 1.165) is 10.2 Å².